The first-order valence-corrected chi connectivity index (χ1v) is 7.67. The number of imidazole rings is 1. The highest BCUT2D eigenvalue weighted by Crippen LogP contribution is 2.11. The highest BCUT2D eigenvalue weighted by molar-refractivity contribution is 5.71. The molecular formula is C15H20N8O. The van der Waals surface area contributed by atoms with Crippen LogP contribution < -0.4 is 11.3 Å². The van der Waals surface area contributed by atoms with Gasteiger partial charge in [-0.25, -0.2) is 15.0 Å². The normalized spacial score (nSPS) is 16.6. The number of aromatic nitrogens is 4. The van der Waals surface area contributed by atoms with Crippen molar-refractivity contribution in [2.75, 3.05) is 26.2 Å². The van der Waals surface area contributed by atoms with Crippen molar-refractivity contribution in [2.45, 2.75) is 6.54 Å². The molecule has 0 spiro atoms. The zero-order valence-electron chi connectivity index (χ0n) is 13.3. The summed E-state index contributed by atoms with van der Waals surface area (Å²) < 4.78 is 0. The molecule has 2 aromatic rings. The van der Waals surface area contributed by atoms with E-state index < -0.39 is 0 Å². The van der Waals surface area contributed by atoms with E-state index in [1.165, 1.54) is 12.5 Å². The van der Waals surface area contributed by atoms with E-state index in [-0.39, 0.29) is 5.56 Å². The molecule has 1 aliphatic heterocycles. The molecule has 0 radical (unpaired) electrons. The average molecular weight is 328 g/mol. The fourth-order valence-corrected chi connectivity index (χ4v) is 2.60. The van der Waals surface area contributed by atoms with Crippen molar-refractivity contribution < 1.29 is 0 Å². The predicted molar refractivity (Wildman–Crippen MR) is 92.3 cm³/mol. The summed E-state index contributed by atoms with van der Waals surface area (Å²) in [7, 11) is 0. The lowest BCUT2D eigenvalue weighted by Crippen LogP contribution is -2.45. The van der Waals surface area contributed by atoms with Crippen molar-refractivity contribution in [1.82, 2.24) is 29.7 Å². The Balaban J connectivity index is 1.58. The lowest BCUT2D eigenvalue weighted by atomic mass is 10.3. The molecule has 4 N–H and O–H groups in total. The van der Waals surface area contributed by atoms with Crippen LogP contribution in [0.4, 0.5) is 0 Å². The summed E-state index contributed by atoms with van der Waals surface area (Å²) in [5.41, 5.74) is 5.92. The SMILES string of the molecule is C=C(N=C/C=C\N)N1CCN(Cc2nc3nc[nH]c3c(=O)[nH]2)CC1. The maximum absolute atomic E-state index is 11.9. The fourth-order valence-electron chi connectivity index (χ4n) is 2.60. The minimum Gasteiger partial charge on any atom is -0.405 e. The minimum absolute atomic E-state index is 0.193. The summed E-state index contributed by atoms with van der Waals surface area (Å²) in [6.45, 7) is 7.85. The Morgan fingerprint density at radius 3 is 2.96 bits per heavy atom. The second-order valence-corrected chi connectivity index (χ2v) is 5.46. The molecule has 0 aromatic carbocycles. The van der Waals surface area contributed by atoms with E-state index in [1.54, 1.807) is 12.3 Å². The summed E-state index contributed by atoms with van der Waals surface area (Å²) in [5.74, 6) is 1.34. The molecular weight excluding hydrogens is 308 g/mol. The van der Waals surface area contributed by atoms with Crippen LogP contribution in [0, 0.1) is 0 Å². The molecule has 0 atom stereocenters. The molecule has 1 aliphatic rings. The van der Waals surface area contributed by atoms with E-state index in [0.717, 1.165) is 32.0 Å². The second kappa shape index (κ2) is 7.09. The number of hydrogen-bond donors (Lipinski definition) is 3. The maximum atomic E-state index is 11.9. The van der Waals surface area contributed by atoms with Gasteiger partial charge in [-0.15, -0.1) is 0 Å². The molecule has 2 aromatic heterocycles. The highest BCUT2D eigenvalue weighted by atomic mass is 16.1. The van der Waals surface area contributed by atoms with E-state index in [1.807, 2.05) is 0 Å². The second-order valence-electron chi connectivity index (χ2n) is 5.46. The molecule has 24 heavy (non-hydrogen) atoms. The Kier molecular flexibility index (Phi) is 4.71. The maximum Gasteiger partial charge on any atom is 0.277 e. The number of piperazine rings is 1. The van der Waals surface area contributed by atoms with Gasteiger partial charge in [-0.2, -0.15) is 0 Å². The smallest absolute Gasteiger partial charge is 0.277 e. The first-order chi connectivity index (χ1) is 11.7. The summed E-state index contributed by atoms with van der Waals surface area (Å²) in [6, 6.07) is 0. The van der Waals surface area contributed by atoms with Crippen molar-refractivity contribution >= 4 is 17.4 Å². The van der Waals surface area contributed by atoms with Gasteiger partial charge in [0.05, 0.1) is 12.9 Å². The van der Waals surface area contributed by atoms with Crippen LogP contribution in [-0.2, 0) is 6.54 Å². The lowest BCUT2D eigenvalue weighted by Gasteiger charge is -2.35. The van der Waals surface area contributed by atoms with E-state index in [9.17, 15) is 4.79 Å². The number of aromatic amines is 2. The zero-order valence-corrected chi connectivity index (χ0v) is 13.3. The third kappa shape index (κ3) is 3.51. The van der Waals surface area contributed by atoms with E-state index in [4.69, 9.17) is 5.73 Å². The van der Waals surface area contributed by atoms with Crippen molar-refractivity contribution in [3.05, 3.63) is 47.2 Å². The van der Waals surface area contributed by atoms with Crippen LogP contribution in [0.2, 0.25) is 0 Å². The van der Waals surface area contributed by atoms with Gasteiger partial charge < -0.3 is 20.6 Å². The zero-order chi connectivity index (χ0) is 16.9. The van der Waals surface area contributed by atoms with Crippen LogP contribution in [0.1, 0.15) is 5.82 Å². The monoisotopic (exact) mass is 328 g/mol. The number of nitrogens with one attached hydrogen (secondary N) is 2. The first-order valence-electron chi connectivity index (χ1n) is 7.67. The molecule has 0 amide bonds. The van der Waals surface area contributed by atoms with Gasteiger partial charge in [0, 0.05) is 32.4 Å². The van der Waals surface area contributed by atoms with Gasteiger partial charge in [-0.1, -0.05) is 6.58 Å². The van der Waals surface area contributed by atoms with Crippen LogP contribution >= 0.6 is 0 Å². The van der Waals surface area contributed by atoms with Crippen molar-refractivity contribution in [3.63, 3.8) is 0 Å². The highest BCUT2D eigenvalue weighted by Gasteiger charge is 2.18. The predicted octanol–water partition coefficient (Wildman–Crippen LogP) is -0.222. The molecule has 0 bridgehead atoms. The Bertz CT molecular complexity index is 825. The summed E-state index contributed by atoms with van der Waals surface area (Å²) in [6.07, 6.45) is 6.19. The molecule has 1 fully saturated rings. The first kappa shape index (κ1) is 15.9. The lowest BCUT2D eigenvalue weighted by molar-refractivity contribution is 0.149. The molecule has 0 unspecified atom stereocenters. The Labute approximate surface area is 138 Å². The van der Waals surface area contributed by atoms with Gasteiger partial charge in [0.1, 0.15) is 11.6 Å². The molecule has 1 saturated heterocycles. The topological polar surface area (TPSA) is 119 Å². The summed E-state index contributed by atoms with van der Waals surface area (Å²) in [5, 5.41) is 0. The molecule has 9 heteroatoms. The van der Waals surface area contributed by atoms with Crippen molar-refractivity contribution in [2.24, 2.45) is 10.7 Å². The van der Waals surface area contributed by atoms with Crippen molar-refractivity contribution in [3.8, 4) is 0 Å². The van der Waals surface area contributed by atoms with Crippen LogP contribution in [0.3, 0.4) is 0 Å². The molecule has 0 saturated carbocycles. The molecule has 3 rings (SSSR count). The number of nitrogens with zero attached hydrogens (tertiary/aromatic N) is 5. The van der Waals surface area contributed by atoms with Gasteiger partial charge in [-0.3, -0.25) is 9.69 Å². The van der Waals surface area contributed by atoms with Gasteiger partial charge in [0.15, 0.2) is 11.2 Å². The fraction of sp³-hybridized carbons (Fsp3) is 0.333. The average Bonchev–Trinajstić information content (AvgIpc) is 3.05. The Morgan fingerprint density at radius 1 is 1.42 bits per heavy atom. The Morgan fingerprint density at radius 2 is 2.21 bits per heavy atom. The van der Waals surface area contributed by atoms with Gasteiger partial charge in [-0.05, 0) is 12.3 Å². The molecule has 0 aliphatic carbocycles. The van der Waals surface area contributed by atoms with Crippen LogP contribution in [0.25, 0.3) is 11.2 Å². The molecule has 126 valence electrons. The van der Waals surface area contributed by atoms with Crippen LogP contribution in [0.5, 0.6) is 0 Å². The van der Waals surface area contributed by atoms with Gasteiger partial charge in [0.25, 0.3) is 5.56 Å². The summed E-state index contributed by atoms with van der Waals surface area (Å²) >= 11 is 0. The molecule has 3 heterocycles. The van der Waals surface area contributed by atoms with Crippen LogP contribution in [-0.4, -0.2) is 62.1 Å². The third-order valence-electron chi connectivity index (χ3n) is 3.88. The Hall–Kier alpha value is -2.94. The van der Waals surface area contributed by atoms with Crippen LogP contribution in [0.15, 0.2) is 40.8 Å². The van der Waals surface area contributed by atoms with E-state index in [2.05, 4.69) is 41.3 Å². The quantitative estimate of drug-likeness (QED) is 0.653. The minimum atomic E-state index is -0.193. The number of rotatable bonds is 5. The van der Waals surface area contributed by atoms with Crippen molar-refractivity contribution in [1.29, 1.82) is 0 Å². The summed E-state index contributed by atoms with van der Waals surface area (Å²) in [4.78, 5) is 34.5. The largest absolute Gasteiger partial charge is 0.405 e. The third-order valence-corrected chi connectivity index (χ3v) is 3.88. The number of aliphatic imine (C=N–C) groups is 1. The number of H-pyrrole nitrogens is 2. The number of hydrogen-bond acceptors (Lipinski definition) is 7. The number of nitrogens with two attached hydrogens (primary N) is 1. The molecule has 9 nitrogen and oxygen atoms in total. The standard InChI is InChI=1S/C15H20N8O/c1-11(17-4-2-3-16)23-7-5-22(6-8-23)9-12-20-14-13(15(24)21-12)18-10-19-14/h2-4,10H,1,5-9,16H2,(H2,18,19,20,21,24)/b3-2-,17-4?. The number of allylic oxidation sites excluding steroid dienone is 1. The van der Waals surface area contributed by atoms with Gasteiger partial charge in [0.2, 0.25) is 0 Å². The number of fused-ring (bicyclic) bond motifs is 1. The van der Waals surface area contributed by atoms with E-state index in [0.29, 0.717) is 23.5 Å². The van der Waals surface area contributed by atoms with E-state index >= 15 is 0 Å². The van der Waals surface area contributed by atoms with Gasteiger partial charge >= 0.3 is 0 Å².